The first-order valence-electron chi connectivity index (χ1n) is 8.86. The van der Waals surface area contributed by atoms with E-state index in [0.717, 1.165) is 48.9 Å². The molecule has 132 valence electrons. The Hall–Kier alpha value is -3.15. The molecule has 0 unspecified atom stereocenters. The molecule has 1 aromatic carbocycles. The predicted octanol–water partition coefficient (Wildman–Crippen LogP) is 2.73. The first kappa shape index (κ1) is 16.3. The van der Waals surface area contributed by atoms with E-state index in [4.69, 9.17) is 0 Å². The van der Waals surface area contributed by atoms with Crippen molar-refractivity contribution in [2.75, 3.05) is 31.1 Å². The van der Waals surface area contributed by atoms with Crippen molar-refractivity contribution in [1.82, 2.24) is 19.8 Å². The lowest BCUT2D eigenvalue weighted by Crippen LogP contribution is -2.44. The van der Waals surface area contributed by atoms with Crippen LogP contribution in [-0.2, 0) is 0 Å². The molecule has 3 aromatic rings. The first-order chi connectivity index (χ1) is 12.8. The van der Waals surface area contributed by atoms with Crippen molar-refractivity contribution in [1.29, 1.82) is 0 Å². The average Bonchev–Trinajstić information content (AvgIpc) is 3.09. The third-order valence-corrected chi connectivity index (χ3v) is 4.55. The number of hydrogen-bond donors (Lipinski definition) is 0. The Balaban J connectivity index is 1.39. The topological polar surface area (TPSA) is 49.6 Å². The number of aryl methyl sites for hydroxylation is 1. The van der Waals surface area contributed by atoms with Crippen LogP contribution < -0.4 is 4.90 Å². The van der Waals surface area contributed by atoms with Gasteiger partial charge in [-0.15, -0.1) is 0 Å². The van der Waals surface area contributed by atoms with Crippen LogP contribution in [0, 0.1) is 6.92 Å². The fraction of sp³-hybridized carbons (Fsp3) is 0.250. The van der Waals surface area contributed by atoms with E-state index in [2.05, 4.69) is 31.2 Å². The molecule has 1 aliphatic rings. The van der Waals surface area contributed by atoms with E-state index < -0.39 is 0 Å². The van der Waals surface area contributed by atoms with Crippen LogP contribution >= 0.6 is 0 Å². The van der Waals surface area contributed by atoms with Gasteiger partial charge in [-0.3, -0.25) is 5.01 Å². The SMILES string of the molecule is Cc1nn(-c2ccccc2)cc1C=NN1CCN(c2ccccn2)CC1. The predicted molar refractivity (Wildman–Crippen MR) is 104 cm³/mol. The summed E-state index contributed by atoms with van der Waals surface area (Å²) in [4.78, 5) is 6.72. The number of piperazine rings is 1. The number of hydrogen-bond acceptors (Lipinski definition) is 5. The van der Waals surface area contributed by atoms with Gasteiger partial charge in [0, 0.05) is 31.0 Å². The Morgan fingerprint density at radius 2 is 1.73 bits per heavy atom. The van der Waals surface area contributed by atoms with Crippen LogP contribution in [0.25, 0.3) is 5.69 Å². The number of benzene rings is 1. The molecule has 4 rings (SSSR count). The molecule has 0 atom stereocenters. The Morgan fingerprint density at radius 1 is 0.962 bits per heavy atom. The summed E-state index contributed by atoms with van der Waals surface area (Å²) in [6, 6.07) is 16.2. The van der Waals surface area contributed by atoms with E-state index in [1.165, 1.54) is 0 Å². The quantitative estimate of drug-likeness (QED) is 0.682. The highest BCUT2D eigenvalue weighted by atomic mass is 15.5. The normalized spacial score (nSPS) is 15.0. The Labute approximate surface area is 153 Å². The number of anilines is 1. The van der Waals surface area contributed by atoms with Crippen LogP contribution in [0.5, 0.6) is 0 Å². The first-order valence-corrected chi connectivity index (χ1v) is 8.86. The van der Waals surface area contributed by atoms with Gasteiger partial charge in [-0.2, -0.15) is 10.2 Å². The van der Waals surface area contributed by atoms with Gasteiger partial charge >= 0.3 is 0 Å². The van der Waals surface area contributed by atoms with E-state index in [0.29, 0.717) is 0 Å². The van der Waals surface area contributed by atoms with Crippen molar-refractivity contribution < 1.29 is 0 Å². The molecule has 1 aliphatic heterocycles. The van der Waals surface area contributed by atoms with E-state index in [1.807, 2.05) is 72.7 Å². The maximum Gasteiger partial charge on any atom is 0.128 e. The molecule has 0 spiro atoms. The molecular formula is C20H22N6. The third-order valence-electron chi connectivity index (χ3n) is 4.55. The van der Waals surface area contributed by atoms with Crippen LogP contribution in [0.4, 0.5) is 5.82 Å². The van der Waals surface area contributed by atoms with E-state index >= 15 is 0 Å². The summed E-state index contributed by atoms with van der Waals surface area (Å²) in [6.45, 7) is 5.64. The summed E-state index contributed by atoms with van der Waals surface area (Å²) < 4.78 is 1.90. The van der Waals surface area contributed by atoms with Gasteiger partial charge in [0.25, 0.3) is 0 Å². The van der Waals surface area contributed by atoms with Crippen molar-refractivity contribution in [3.05, 3.63) is 72.2 Å². The lowest BCUT2D eigenvalue weighted by atomic mass is 10.3. The largest absolute Gasteiger partial charge is 0.353 e. The van der Waals surface area contributed by atoms with Crippen molar-refractivity contribution >= 4 is 12.0 Å². The van der Waals surface area contributed by atoms with Crippen LogP contribution in [0.1, 0.15) is 11.3 Å². The van der Waals surface area contributed by atoms with Gasteiger partial charge in [-0.05, 0) is 31.2 Å². The molecule has 6 nitrogen and oxygen atoms in total. The van der Waals surface area contributed by atoms with Gasteiger partial charge in [-0.25, -0.2) is 9.67 Å². The second kappa shape index (κ2) is 7.39. The van der Waals surface area contributed by atoms with Crippen LogP contribution in [-0.4, -0.2) is 52.2 Å². The van der Waals surface area contributed by atoms with E-state index in [1.54, 1.807) is 0 Å². The standard InChI is InChI=1S/C20H22N6/c1-17-18(16-26(23-17)19-7-3-2-4-8-19)15-22-25-13-11-24(12-14-25)20-9-5-6-10-21-20/h2-10,15-16H,11-14H2,1H3. The highest BCUT2D eigenvalue weighted by Gasteiger charge is 2.16. The number of rotatable bonds is 4. The molecule has 0 aliphatic carbocycles. The number of nitrogens with zero attached hydrogens (tertiary/aromatic N) is 6. The summed E-state index contributed by atoms with van der Waals surface area (Å²) in [5.41, 5.74) is 3.07. The minimum absolute atomic E-state index is 0.888. The summed E-state index contributed by atoms with van der Waals surface area (Å²) in [6.07, 6.45) is 5.78. The number of aromatic nitrogens is 3. The third kappa shape index (κ3) is 3.59. The number of hydrazone groups is 1. The van der Waals surface area contributed by atoms with Crippen LogP contribution in [0.2, 0.25) is 0 Å². The maximum atomic E-state index is 4.66. The molecule has 3 heterocycles. The molecular weight excluding hydrogens is 324 g/mol. The van der Waals surface area contributed by atoms with Crippen molar-refractivity contribution in [2.24, 2.45) is 5.10 Å². The number of pyridine rings is 1. The van der Waals surface area contributed by atoms with Crippen molar-refractivity contribution in [2.45, 2.75) is 6.92 Å². The Kier molecular flexibility index (Phi) is 4.64. The molecule has 0 amide bonds. The number of para-hydroxylation sites is 1. The summed E-state index contributed by atoms with van der Waals surface area (Å²) in [5.74, 6) is 1.04. The molecule has 2 aromatic heterocycles. The zero-order chi connectivity index (χ0) is 17.8. The minimum Gasteiger partial charge on any atom is -0.353 e. The minimum atomic E-state index is 0.888. The van der Waals surface area contributed by atoms with Gasteiger partial charge in [0.1, 0.15) is 5.82 Å². The van der Waals surface area contributed by atoms with Crippen LogP contribution in [0.15, 0.2) is 66.0 Å². The molecule has 1 fully saturated rings. The second-order valence-corrected chi connectivity index (χ2v) is 6.32. The zero-order valence-corrected chi connectivity index (χ0v) is 14.9. The smallest absolute Gasteiger partial charge is 0.128 e. The average molecular weight is 346 g/mol. The van der Waals surface area contributed by atoms with Gasteiger partial charge in [0.15, 0.2) is 0 Å². The Morgan fingerprint density at radius 3 is 2.46 bits per heavy atom. The van der Waals surface area contributed by atoms with Gasteiger partial charge in [-0.1, -0.05) is 24.3 Å². The monoisotopic (exact) mass is 346 g/mol. The van der Waals surface area contributed by atoms with Crippen molar-refractivity contribution in [3.8, 4) is 5.69 Å². The highest BCUT2D eigenvalue weighted by Crippen LogP contribution is 2.13. The lowest BCUT2D eigenvalue weighted by Gasteiger charge is -2.33. The molecule has 1 saturated heterocycles. The molecule has 26 heavy (non-hydrogen) atoms. The zero-order valence-electron chi connectivity index (χ0n) is 14.9. The van der Waals surface area contributed by atoms with Gasteiger partial charge in [0.05, 0.1) is 30.7 Å². The molecule has 0 N–H and O–H groups in total. The molecule has 0 saturated carbocycles. The van der Waals surface area contributed by atoms with Gasteiger partial charge in [0.2, 0.25) is 0 Å². The second-order valence-electron chi connectivity index (χ2n) is 6.32. The maximum absolute atomic E-state index is 4.66. The summed E-state index contributed by atoms with van der Waals surface area (Å²) in [7, 11) is 0. The molecule has 6 heteroatoms. The Bertz CT molecular complexity index is 864. The molecule has 0 bridgehead atoms. The summed E-state index contributed by atoms with van der Waals surface area (Å²) in [5, 5.41) is 11.4. The fourth-order valence-electron chi connectivity index (χ4n) is 3.04. The molecule has 0 radical (unpaired) electrons. The van der Waals surface area contributed by atoms with Crippen LogP contribution in [0.3, 0.4) is 0 Å². The van der Waals surface area contributed by atoms with Gasteiger partial charge < -0.3 is 4.90 Å². The highest BCUT2D eigenvalue weighted by molar-refractivity contribution is 5.80. The van der Waals surface area contributed by atoms with Crippen molar-refractivity contribution in [3.63, 3.8) is 0 Å². The lowest BCUT2D eigenvalue weighted by molar-refractivity contribution is 0.271. The summed E-state index contributed by atoms with van der Waals surface area (Å²) >= 11 is 0. The fourth-order valence-corrected chi connectivity index (χ4v) is 3.04. The van der Waals surface area contributed by atoms with E-state index in [-0.39, 0.29) is 0 Å². The van der Waals surface area contributed by atoms with E-state index in [9.17, 15) is 0 Å².